The van der Waals surface area contributed by atoms with Gasteiger partial charge in [0.15, 0.2) is 0 Å². The minimum Gasteiger partial charge on any atom is -0.480 e. The van der Waals surface area contributed by atoms with Gasteiger partial charge in [-0.2, -0.15) is 0 Å². The molecule has 8 amide bonds. The van der Waals surface area contributed by atoms with Crippen molar-refractivity contribution in [1.29, 1.82) is 0 Å². The fourth-order valence-corrected chi connectivity index (χ4v) is 16.4. The van der Waals surface area contributed by atoms with Crippen LogP contribution in [0.1, 0.15) is 235 Å². The molecule has 0 bridgehead atoms. The van der Waals surface area contributed by atoms with Gasteiger partial charge in [-0.05, 0) is 236 Å². The molecule has 7 aromatic rings. The van der Waals surface area contributed by atoms with Crippen molar-refractivity contribution < 1.29 is 86.2 Å². The van der Waals surface area contributed by atoms with E-state index in [4.69, 9.17) is 38.3 Å². The highest BCUT2D eigenvalue weighted by molar-refractivity contribution is 5.81. The molecule has 5 aliphatic heterocycles. The summed E-state index contributed by atoms with van der Waals surface area (Å²) in [7, 11) is 0. The van der Waals surface area contributed by atoms with Crippen LogP contribution in [0.4, 0.5) is 33.6 Å². The van der Waals surface area contributed by atoms with Gasteiger partial charge in [-0.1, -0.05) is 261 Å². The van der Waals surface area contributed by atoms with Gasteiger partial charge in [0.2, 0.25) is 5.91 Å². The fraction of sp³-hybridized carbons (Fsp3) is 0.544. The number of hydrogen-bond acceptors (Lipinski definition) is 19. The number of hydrogen-bond donors (Lipinski definition) is 4. The van der Waals surface area contributed by atoms with Crippen LogP contribution < -0.4 is 16.0 Å². The SMILES string of the molecule is CC(C)(C)OC(=O)N1CCC[C@H]1C=O.CC(C)(C)OC(=O)N1CCC[C@H]1CN(CCc1ccccc1)C(=O)OCc1ccccc1.CC(C)(C)OC(=O)N1CCC[C@H]1CNCCc1ccccc1.CC(C)(C)OC(=O)N[C@H](C(=O)O)C(C)(C)C.C[C@H](C(=O)N1CCC[C@H]1CN(CCc1ccccc1)C(=O)OCc1ccccc1)C(C)(C)C.O=C(OCc1ccccc1)N(CCc1ccccc1)C[C@@H]1CCCN1. The number of aldehydes is 1. The molecule has 0 aromatic heterocycles. The van der Waals surface area contributed by atoms with Crippen molar-refractivity contribution in [2.75, 3.05) is 85.1 Å². The number of benzene rings is 7. The van der Waals surface area contributed by atoms with E-state index in [1.54, 1.807) is 56.2 Å². The van der Waals surface area contributed by atoms with E-state index in [0.717, 1.165) is 145 Å². The Morgan fingerprint density at radius 1 is 0.387 bits per heavy atom. The topological polar surface area (TPSA) is 314 Å². The van der Waals surface area contributed by atoms with Gasteiger partial charge >= 0.3 is 48.6 Å². The first-order chi connectivity index (χ1) is 67.2. The largest absolute Gasteiger partial charge is 0.480 e. The molecule has 778 valence electrons. The highest BCUT2D eigenvalue weighted by atomic mass is 16.6. The van der Waals surface area contributed by atoms with Crippen LogP contribution in [0.5, 0.6) is 0 Å². The number of aliphatic carboxylic acids is 1. The minimum atomic E-state index is -1.07. The summed E-state index contributed by atoms with van der Waals surface area (Å²) < 4.78 is 38.1. The number of amides is 8. The second-order valence-electron chi connectivity index (χ2n) is 43.1. The van der Waals surface area contributed by atoms with Crippen LogP contribution in [0, 0.1) is 16.7 Å². The van der Waals surface area contributed by atoms with Gasteiger partial charge in [0.1, 0.15) is 54.6 Å². The summed E-state index contributed by atoms with van der Waals surface area (Å²) in [6, 6.07) is 69.5. The molecule has 28 heteroatoms. The maximum absolute atomic E-state index is 13.2. The van der Waals surface area contributed by atoms with Crippen molar-refractivity contribution in [3.8, 4) is 0 Å². The number of nitrogens with zero attached hydrogens (tertiary/aromatic N) is 7. The van der Waals surface area contributed by atoms with Crippen LogP contribution in [0.15, 0.2) is 212 Å². The molecule has 7 atom stereocenters. The smallest absolute Gasteiger partial charge is 0.410 e. The van der Waals surface area contributed by atoms with Crippen molar-refractivity contribution in [2.45, 2.75) is 300 Å². The van der Waals surface area contributed by atoms with Crippen molar-refractivity contribution in [1.82, 2.24) is 50.2 Å². The predicted molar refractivity (Wildman–Crippen MR) is 557 cm³/mol. The molecule has 0 unspecified atom stereocenters. The van der Waals surface area contributed by atoms with E-state index in [2.05, 4.69) is 97.4 Å². The lowest BCUT2D eigenvalue weighted by atomic mass is 9.81. The van der Waals surface area contributed by atoms with Gasteiger partial charge in [-0.15, -0.1) is 0 Å². The third-order valence-corrected chi connectivity index (χ3v) is 24.4. The summed E-state index contributed by atoms with van der Waals surface area (Å²) in [6.45, 7) is 45.3. The number of carbonyl (C=O) groups excluding carboxylic acids is 9. The molecule has 5 fully saturated rings. The molecule has 0 spiro atoms. The molecule has 142 heavy (non-hydrogen) atoms. The van der Waals surface area contributed by atoms with Crippen LogP contribution in [-0.2, 0) is 93.0 Å². The normalized spacial score (nSPS) is 17.1. The van der Waals surface area contributed by atoms with Crippen molar-refractivity contribution >= 4 is 60.8 Å². The number of ether oxygens (including phenoxy) is 7. The third-order valence-electron chi connectivity index (χ3n) is 24.4. The Hall–Kier alpha value is -12.0. The summed E-state index contributed by atoms with van der Waals surface area (Å²) in [5.74, 6) is -0.954. The lowest BCUT2D eigenvalue weighted by Crippen LogP contribution is -2.50. The van der Waals surface area contributed by atoms with Crippen LogP contribution in [0.3, 0.4) is 0 Å². The highest BCUT2D eigenvalue weighted by Gasteiger charge is 2.41. The quantitative estimate of drug-likeness (QED) is 0.0185. The zero-order valence-corrected chi connectivity index (χ0v) is 88.1. The van der Waals surface area contributed by atoms with Crippen LogP contribution in [0.25, 0.3) is 0 Å². The Balaban J connectivity index is 0.000000237. The first-order valence-corrected chi connectivity index (χ1v) is 50.6. The molecule has 5 aliphatic rings. The fourth-order valence-electron chi connectivity index (χ4n) is 16.4. The van der Waals surface area contributed by atoms with Crippen LogP contribution in [0.2, 0.25) is 0 Å². The number of carbonyl (C=O) groups is 10. The van der Waals surface area contributed by atoms with Gasteiger partial charge in [-0.25, -0.2) is 38.4 Å². The van der Waals surface area contributed by atoms with E-state index in [1.165, 1.54) is 28.0 Å². The number of carboxylic acid groups (broad SMARTS) is 1. The highest BCUT2D eigenvalue weighted by Crippen LogP contribution is 2.32. The average molecular weight is 1960 g/mol. The van der Waals surface area contributed by atoms with Crippen molar-refractivity contribution in [3.63, 3.8) is 0 Å². The Kier molecular flexibility index (Phi) is 48.2. The monoisotopic (exact) mass is 1960 g/mol. The summed E-state index contributed by atoms with van der Waals surface area (Å²) in [4.78, 5) is 134. The van der Waals surface area contributed by atoms with Gasteiger partial charge in [-0.3, -0.25) is 9.69 Å². The van der Waals surface area contributed by atoms with E-state index in [0.29, 0.717) is 65.0 Å². The molecule has 0 radical (unpaired) electrons. The van der Waals surface area contributed by atoms with E-state index in [1.807, 2.05) is 236 Å². The summed E-state index contributed by atoms with van der Waals surface area (Å²) >= 11 is 0. The van der Waals surface area contributed by atoms with Gasteiger partial charge in [0.25, 0.3) is 0 Å². The molecule has 12 rings (SSSR count). The molecule has 0 saturated carbocycles. The van der Waals surface area contributed by atoms with E-state index < -0.39 is 45.9 Å². The number of rotatable bonds is 30. The third kappa shape index (κ3) is 45.1. The summed E-state index contributed by atoms with van der Waals surface area (Å²) in [5, 5.41) is 18.3. The molecule has 4 N–H and O–H groups in total. The summed E-state index contributed by atoms with van der Waals surface area (Å²) in [6.07, 6.45) is 11.3. The molecular weight excluding hydrogens is 1800 g/mol. The molecular formula is C114H164N10O18. The van der Waals surface area contributed by atoms with Crippen molar-refractivity contribution in [2.24, 2.45) is 16.7 Å². The number of nitrogens with one attached hydrogen (secondary N) is 3. The first-order valence-electron chi connectivity index (χ1n) is 50.6. The Morgan fingerprint density at radius 2 is 0.704 bits per heavy atom. The second-order valence-corrected chi connectivity index (χ2v) is 43.1. The molecule has 5 heterocycles. The average Bonchev–Trinajstić information content (AvgIpc) is 1.66. The molecule has 5 saturated heterocycles. The van der Waals surface area contributed by atoms with E-state index in [9.17, 15) is 47.9 Å². The lowest BCUT2D eigenvalue weighted by molar-refractivity contribution is -0.142. The zero-order valence-electron chi connectivity index (χ0n) is 88.1. The minimum absolute atomic E-state index is 0.0300. The van der Waals surface area contributed by atoms with E-state index in [-0.39, 0.29) is 91.2 Å². The first kappa shape index (κ1) is 117. The maximum Gasteiger partial charge on any atom is 0.410 e. The number of alkyl carbamates (subject to hydrolysis) is 1. The Bertz CT molecular complexity index is 4890. The number of carboxylic acids is 1. The van der Waals surface area contributed by atoms with Crippen LogP contribution in [-0.4, -0.2) is 244 Å². The molecule has 0 aliphatic carbocycles. The summed E-state index contributed by atoms with van der Waals surface area (Å²) in [5.41, 5.74) is 5.07. The lowest BCUT2D eigenvalue weighted by Gasteiger charge is -2.35. The van der Waals surface area contributed by atoms with E-state index >= 15 is 0 Å². The predicted octanol–water partition coefficient (Wildman–Crippen LogP) is 21.2. The van der Waals surface area contributed by atoms with Crippen LogP contribution >= 0.6 is 0 Å². The zero-order chi connectivity index (χ0) is 104. The Labute approximate surface area is 845 Å². The number of likely N-dealkylation sites (tertiary alicyclic amines) is 4. The maximum atomic E-state index is 13.2. The van der Waals surface area contributed by atoms with Gasteiger partial charge < -0.3 is 88.4 Å². The standard InChI is InChI=1S/C28H38N2O3.C26H34N2O4.C21H26N2O2.C18H28N2O2.C11H21NO4.C10H17NO3/c1-22(28(2,3)4)26(31)30-18-11-16-25(30)20-29(19-17-23-12-7-5-8-13-23)27(32)33-21-24-14-9-6-10-15-24;1-26(2,3)32-25(30)28-17-10-15-23(28)19-27(18-16-21-11-6-4-7-12-21)24(29)31-20-22-13-8-5-9-14-22;24-21(25-17-19-10-5-2-6-11-19)23(16-20-12-7-14-22-20)15-13-18-8-3-1-4-9-18;1-18(2,3)22-17(21)20-13-7-10-16(20)14-19-12-11-15-8-5-4-6-9-15;1-10(2,3)7(8(13)14)12-9(15)16-11(4,5)6;1-10(2,3)14-9(13)11-6-4-5-8(11)7-12/h5-10,12-15,22,25H,11,16-21H2,1-4H3;4-9,11-14,23H,10,15-20H2,1-3H3;1-6,8-11,20,22H,7,12-17H2;4-6,8-9,16,19H,7,10-14H2,1-3H3;7H,1-6H3,(H,12,15)(H,13,14);7-8H,4-6H2,1-3H3/t22-,25+;23-;20-;16-;7-;8-/m100010/s1. The molecule has 28 nitrogen and oxygen atoms in total. The van der Waals surface area contributed by atoms with Gasteiger partial charge in [0.05, 0.1) is 12.1 Å². The van der Waals surface area contributed by atoms with Gasteiger partial charge in [0, 0.05) is 96.0 Å². The van der Waals surface area contributed by atoms with Crippen molar-refractivity contribution in [3.05, 3.63) is 251 Å². The molecule has 7 aromatic carbocycles. The Morgan fingerprint density at radius 3 is 1.04 bits per heavy atom. The second kappa shape index (κ2) is 58.5.